The molecule has 0 aliphatic carbocycles. The molecule has 2 aromatic heterocycles. The van der Waals surface area contributed by atoms with Gasteiger partial charge in [-0.25, -0.2) is 9.18 Å². The zero-order valence-corrected chi connectivity index (χ0v) is 19.9. The normalized spacial score (nSPS) is 10.8. The monoisotopic (exact) mass is 480 g/mol. The molecule has 2 heterocycles. The molecule has 0 bridgehead atoms. The number of aromatic nitrogens is 2. The second-order valence-corrected chi connectivity index (χ2v) is 8.74. The lowest BCUT2D eigenvalue weighted by Gasteiger charge is -2.12. The first-order valence-electron chi connectivity index (χ1n) is 9.51. The summed E-state index contributed by atoms with van der Waals surface area (Å²) in [6.45, 7) is 5.89. The van der Waals surface area contributed by atoms with Crippen molar-refractivity contribution in [3.63, 3.8) is 0 Å². The van der Waals surface area contributed by atoms with E-state index in [0.29, 0.717) is 37.6 Å². The fourth-order valence-corrected chi connectivity index (χ4v) is 4.56. The van der Waals surface area contributed by atoms with Crippen molar-refractivity contribution in [1.29, 1.82) is 0 Å². The molecule has 0 atom stereocenters. The van der Waals surface area contributed by atoms with E-state index in [9.17, 15) is 9.18 Å². The van der Waals surface area contributed by atoms with Crippen molar-refractivity contribution in [2.24, 2.45) is 0 Å². The maximum absolute atomic E-state index is 14.2. The number of benzene rings is 1. The summed E-state index contributed by atoms with van der Waals surface area (Å²) in [7, 11) is 1.34. The first-order chi connectivity index (χ1) is 14.7. The average Bonchev–Trinajstić information content (AvgIpc) is 3.26. The topological polar surface area (TPSA) is 68.2 Å². The summed E-state index contributed by atoms with van der Waals surface area (Å²) in [6, 6.07) is 6.38. The van der Waals surface area contributed by atoms with Crippen LogP contribution >= 0.6 is 35.2 Å². The Bertz CT molecular complexity index is 1120. The zero-order valence-electron chi connectivity index (χ0n) is 17.5. The van der Waals surface area contributed by atoms with Crippen LogP contribution in [-0.2, 0) is 17.7 Å². The Kier molecular flexibility index (Phi) is 7.30. The standard InChI is InChI=1S/C21H22ClFN4O2S2/c1-5-13-9-14(20(28)29-4)19(31-13)25-21(30)24-18-11(2)26-27(12(18)3)10-15-16(22)7-6-8-17(15)23/h6-9H,5,10H2,1-4H3,(H2,24,25,30). The van der Waals surface area contributed by atoms with Crippen molar-refractivity contribution < 1.29 is 13.9 Å². The average molecular weight is 481 g/mol. The van der Waals surface area contributed by atoms with E-state index in [2.05, 4.69) is 15.7 Å². The summed E-state index contributed by atoms with van der Waals surface area (Å²) in [6.07, 6.45) is 0.792. The molecule has 6 nitrogen and oxygen atoms in total. The van der Waals surface area contributed by atoms with E-state index >= 15 is 0 Å². The predicted octanol–water partition coefficient (Wildman–Crippen LogP) is 5.56. The number of hydrogen-bond acceptors (Lipinski definition) is 5. The highest BCUT2D eigenvalue weighted by Crippen LogP contribution is 2.30. The number of rotatable bonds is 6. The molecule has 0 radical (unpaired) electrons. The molecule has 0 saturated carbocycles. The largest absolute Gasteiger partial charge is 0.465 e. The van der Waals surface area contributed by atoms with Crippen LogP contribution in [0.5, 0.6) is 0 Å². The maximum atomic E-state index is 14.2. The lowest BCUT2D eigenvalue weighted by molar-refractivity contribution is 0.0602. The van der Waals surface area contributed by atoms with Gasteiger partial charge >= 0.3 is 5.97 Å². The fraction of sp³-hybridized carbons (Fsp3) is 0.286. The third-order valence-corrected chi connectivity index (χ3v) is 6.51. The van der Waals surface area contributed by atoms with E-state index in [4.69, 9.17) is 28.6 Å². The Hall–Kier alpha value is -2.49. The second-order valence-electron chi connectivity index (χ2n) is 6.78. The molecule has 1 aromatic carbocycles. The minimum atomic E-state index is -0.428. The van der Waals surface area contributed by atoms with Crippen molar-refractivity contribution in [3.8, 4) is 0 Å². The van der Waals surface area contributed by atoms with Crippen LogP contribution in [0.3, 0.4) is 0 Å². The Morgan fingerprint density at radius 3 is 2.74 bits per heavy atom. The fourth-order valence-electron chi connectivity index (χ4n) is 3.08. The van der Waals surface area contributed by atoms with Gasteiger partial charge in [0.05, 0.1) is 36.3 Å². The molecule has 164 valence electrons. The number of halogens is 2. The number of methoxy groups -OCH3 is 1. The lowest BCUT2D eigenvalue weighted by atomic mass is 10.2. The van der Waals surface area contributed by atoms with Gasteiger partial charge in [0.25, 0.3) is 0 Å². The summed E-state index contributed by atoms with van der Waals surface area (Å²) in [5.41, 5.74) is 2.98. The quantitative estimate of drug-likeness (QED) is 0.355. The SMILES string of the molecule is CCc1cc(C(=O)OC)c(NC(=S)Nc2c(C)nn(Cc3c(F)cccc3Cl)c2C)s1. The Morgan fingerprint density at radius 1 is 1.35 bits per heavy atom. The number of hydrogen-bond donors (Lipinski definition) is 2. The van der Waals surface area contributed by atoms with Gasteiger partial charge in [-0.2, -0.15) is 5.10 Å². The molecule has 0 fully saturated rings. The molecule has 0 aliphatic rings. The number of anilines is 2. The van der Waals surface area contributed by atoms with Gasteiger partial charge in [-0.1, -0.05) is 24.6 Å². The van der Waals surface area contributed by atoms with Crippen molar-refractivity contribution in [2.75, 3.05) is 17.7 Å². The number of aryl methyl sites for hydroxylation is 2. The van der Waals surface area contributed by atoms with Crippen LogP contribution in [0.2, 0.25) is 5.02 Å². The highest BCUT2D eigenvalue weighted by atomic mass is 35.5. The Morgan fingerprint density at radius 2 is 2.10 bits per heavy atom. The lowest BCUT2D eigenvalue weighted by Crippen LogP contribution is -2.20. The smallest absolute Gasteiger partial charge is 0.340 e. The first-order valence-corrected chi connectivity index (χ1v) is 11.1. The number of nitrogens with zero attached hydrogens (tertiary/aromatic N) is 2. The number of thiocarbonyl (C=S) groups is 1. The number of esters is 1. The van der Waals surface area contributed by atoms with E-state index in [1.165, 1.54) is 24.5 Å². The first kappa shape index (κ1) is 23.2. The molecular formula is C21H22ClFN4O2S2. The van der Waals surface area contributed by atoms with Gasteiger partial charge in [0.2, 0.25) is 0 Å². The van der Waals surface area contributed by atoms with Crippen LogP contribution < -0.4 is 10.6 Å². The molecule has 2 N–H and O–H groups in total. The van der Waals surface area contributed by atoms with Crippen LogP contribution in [0, 0.1) is 19.7 Å². The van der Waals surface area contributed by atoms with E-state index < -0.39 is 5.97 Å². The third kappa shape index (κ3) is 5.06. The summed E-state index contributed by atoms with van der Waals surface area (Å²) in [5.74, 6) is -0.810. The summed E-state index contributed by atoms with van der Waals surface area (Å²) in [5, 5.41) is 12.0. The number of thiophene rings is 1. The van der Waals surface area contributed by atoms with Gasteiger partial charge in [-0.05, 0) is 50.7 Å². The molecule has 3 aromatic rings. The van der Waals surface area contributed by atoms with Crippen molar-refractivity contribution in [3.05, 3.63) is 62.5 Å². The van der Waals surface area contributed by atoms with E-state index in [-0.39, 0.29) is 12.4 Å². The van der Waals surface area contributed by atoms with Crippen LogP contribution in [0.25, 0.3) is 0 Å². The third-order valence-electron chi connectivity index (χ3n) is 4.75. The molecule has 0 aliphatic heterocycles. The number of carbonyl (C=O) groups excluding carboxylic acids is 1. The molecule has 0 spiro atoms. The number of ether oxygens (including phenoxy) is 1. The van der Waals surface area contributed by atoms with Gasteiger partial charge in [-0.15, -0.1) is 11.3 Å². The molecule has 0 amide bonds. The van der Waals surface area contributed by atoms with Crippen LogP contribution in [-0.4, -0.2) is 28.0 Å². The number of nitrogens with one attached hydrogen (secondary N) is 2. The maximum Gasteiger partial charge on any atom is 0.340 e. The summed E-state index contributed by atoms with van der Waals surface area (Å²) >= 11 is 13.1. The van der Waals surface area contributed by atoms with Gasteiger partial charge in [0.1, 0.15) is 10.8 Å². The molecule has 0 unspecified atom stereocenters. The number of carbonyl (C=O) groups is 1. The van der Waals surface area contributed by atoms with Gasteiger partial charge in [0, 0.05) is 15.5 Å². The highest BCUT2D eigenvalue weighted by molar-refractivity contribution is 7.80. The van der Waals surface area contributed by atoms with Gasteiger partial charge < -0.3 is 15.4 Å². The minimum Gasteiger partial charge on any atom is -0.465 e. The highest BCUT2D eigenvalue weighted by Gasteiger charge is 2.19. The van der Waals surface area contributed by atoms with Crippen molar-refractivity contribution in [2.45, 2.75) is 33.7 Å². The molecular weight excluding hydrogens is 459 g/mol. The molecule has 31 heavy (non-hydrogen) atoms. The van der Waals surface area contributed by atoms with Crippen LogP contribution in [0.15, 0.2) is 24.3 Å². The van der Waals surface area contributed by atoms with Crippen LogP contribution in [0.1, 0.15) is 39.1 Å². The summed E-state index contributed by atoms with van der Waals surface area (Å²) < 4.78 is 20.7. The van der Waals surface area contributed by atoms with Gasteiger partial charge in [-0.3, -0.25) is 4.68 Å². The van der Waals surface area contributed by atoms with E-state index in [1.807, 2.05) is 20.8 Å². The van der Waals surface area contributed by atoms with E-state index in [0.717, 1.165) is 17.0 Å². The van der Waals surface area contributed by atoms with E-state index in [1.54, 1.807) is 22.9 Å². The Labute approximate surface area is 194 Å². The van der Waals surface area contributed by atoms with Gasteiger partial charge in [0.15, 0.2) is 5.11 Å². The Balaban J connectivity index is 1.80. The predicted molar refractivity (Wildman–Crippen MR) is 127 cm³/mol. The second kappa shape index (κ2) is 9.76. The summed E-state index contributed by atoms with van der Waals surface area (Å²) in [4.78, 5) is 13.1. The molecule has 10 heteroatoms. The van der Waals surface area contributed by atoms with Crippen LogP contribution in [0.4, 0.5) is 15.1 Å². The van der Waals surface area contributed by atoms with Crippen molar-refractivity contribution >= 4 is 56.9 Å². The zero-order chi connectivity index (χ0) is 22.7. The minimum absolute atomic E-state index is 0.192. The molecule has 3 rings (SSSR count). The van der Waals surface area contributed by atoms with Crippen molar-refractivity contribution in [1.82, 2.24) is 9.78 Å². The molecule has 0 saturated heterocycles.